The number of aromatic nitrogens is 2. The first-order valence-electron chi connectivity index (χ1n) is 5.63. The van der Waals surface area contributed by atoms with Crippen molar-refractivity contribution in [1.29, 1.82) is 0 Å². The third kappa shape index (κ3) is 2.35. The quantitative estimate of drug-likeness (QED) is 0.924. The molecule has 0 amide bonds. The number of benzene rings is 1. The maximum atomic E-state index is 8.96. The zero-order chi connectivity index (χ0) is 13.1. The molecular formula is C13H15ClN2O2. The lowest BCUT2D eigenvalue weighted by atomic mass is 10.2. The Hall–Kier alpha value is -1.52. The molecule has 0 aliphatic rings. The summed E-state index contributed by atoms with van der Waals surface area (Å²) >= 11 is 6.17. The molecule has 0 bridgehead atoms. The van der Waals surface area contributed by atoms with E-state index in [2.05, 4.69) is 4.98 Å². The van der Waals surface area contributed by atoms with Gasteiger partial charge in [0.2, 0.25) is 0 Å². The molecular weight excluding hydrogens is 252 g/mol. The van der Waals surface area contributed by atoms with E-state index >= 15 is 0 Å². The summed E-state index contributed by atoms with van der Waals surface area (Å²) in [6, 6.07) is 7.62. The summed E-state index contributed by atoms with van der Waals surface area (Å²) in [4.78, 5) is 4.46. The van der Waals surface area contributed by atoms with E-state index in [1.807, 2.05) is 35.9 Å². The Bertz CT molecular complexity index is 535. The summed E-state index contributed by atoms with van der Waals surface area (Å²) in [7, 11) is 3.49. The standard InChI is InChI=1S/C13H15ClN2O2/c1-16-12(14)11(7-8-17)15-13(16)9-3-5-10(18-2)6-4-9/h3-6,17H,7-8H2,1-2H3. The first kappa shape index (κ1) is 12.9. The smallest absolute Gasteiger partial charge is 0.141 e. The molecule has 1 heterocycles. The molecule has 0 unspecified atom stereocenters. The fourth-order valence-electron chi connectivity index (χ4n) is 1.80. The van der Waals surface area contributed by atoms with Crippen LogP contribution in [0.4, 0.5) is 0 Å². The highest BCUT2D eigenvalue weighted by atomic mass is 35.5. The number of ether oxygens (including phenoxy) is 1. The molecule has 0 saturated heterocycles. The predicted octanol–water partition coefficient (Wildman–Crippen LogP) is 2.28. The molecule has 2 aromatic rings. The molecule has 0 saturated carbocycles. The van der Waals surface area contributed by atoms with Gasteiger partial charge in [0.05, 0.1) is 12.8 Å². The second kappa shape index (κ2) is 5.42. The lowest BCUT2D eigenvalue weighted by Crippen LogP contribution is -1.93. The Morgan fingerprint density at radius 1 is 1.33 bits per heavy atom. The van der Waals surface area contributed by atoms with E-state index in [9.17, 15) is 0 Å². The van der Waals surface area contributed by atoms with Crippen molar-refractivity contribution in [3.8, 4) is 17.1 Å². The van der Waals surface area contributed by atoms with E-state index in [4.69, 9.17) is 21.4 Å². The zero-order valence-electron chi connectivity index (χ0n) is 10.4. The SMILES string of the molecule is COc1ccc(-c2nc(CCO)c(Cl)n2C)cc1. The molecule has 1 N–H and O–H groups in total. The summed E-state index contributed by atoms with van der Waals surface area (Å²) < 4.78 is 6.93. The molecule has 0 atom stereocenters. The Labute approximate surface area is 111 Å². The number of hydrogen-bond donors (Lipinski definition) is 1. The lowest BCUT2D eigenvalue weighted by molar-refractivity contribution is 0.298. The third-order valence-electron chi connectivity index (χ3n) is 2.79. The van der Waals surface area contributed by atoms with Crippen LogP contribution >= 0.6 is 11.6 Å². The number of halogens is 1. The summed E-state index contributed by atoms with van der Waals surface area (Å²) in [6.07, 6.45) is 0.461. The highest BCUT2D eigenvalue weighted by Gasteiger charge is 2.13. The summed E-state index contributed by atoms with van der Waals surface area (Å²) in [5, 5.41) is 9.52. The highest BCUT2D eigenvalue weighted by Crippen LogP contribution is 2.26. The Balaban J connectivity index is 2.40. The maximum Gasteiger partial charge on any atom is 0.141 e. The molecule has 96 valence electrons. The van der Waals surface area contributed by atoms with E-state index in [-0.39, 0.29) is 6.61 Å². The molecule has 0 spiro atoms. The van der Waals surface area contributed by atoms with E-state index in [0.29, 0.717) is 17.3 Å². The van der Waals surface area contributed by atoms with Crippen LogP contribution in [0.25, 0.3) is 11.4 Å². The monoisotopic (exact) mass is 266 g/mol. The summed E-state index contributed by atoms with van der Waals surface area (Å²) in [5.74, 6) is 1.58. The first-order valence-corrected chi connectivity index (χ1v) is 6.01. The minimum atomic E-state index is 0.0405. The fraction of sp³-hybridized carbons (Fsp3) is 0.308. The van der Waals surface area contributed by atoms with Gasteiger partial charge in [-0.05, 0) is 24.3 Å². The van der Waals surface area contributed by atoms with Crippen molar-refractivity contribution >= 4 is 11.6 Å². The number of hydrogen-bond acceptors (Lipinski definition) is 3. The second-order valence-electron chi connectivity index (χ2n) is 3.93. The van der Waals surface area contributed by atoms with Crippen molar-refractivity contribution in [2.75, 3.05) is 13.7 Å². The van der Waals surface area contributed by atoms with Crippen LogP contribution in [0, 0.1) is 0 Å². The van der Waals surface area contributed by atoms with Gasteiger partial charge in [-0.3, -0.25) is 0 Å². The van der Waals surface area contributed by atoms with Gasteiger partial charge in [0, 0.05) is 25.6 Å². The number of aliphatic hydroxyl groups excluding tert-OH is 1. The topological polar surface area (TPSA) is 47.3 Å². The molecule has 0 aliphatic carbocycles. The molecule has 0 radical (unpaired) electrons. The van der Waals surface area contributed by atoms with Gasteiger partial charge in [-0.2, -0.15) is 0 Å². The van der Waals surface area contributed by atoms with E-state index in [1.165, 1.54) is 0 Å². The van der Waals surface area contributed by atoms with E-state index in [0.717, 1.165) is 17.1 Å². The number of nitrogens with zero attached hydrogens (tertiary/aromatic N) is 2. The van der Waals surface area contributed by atoms with Gasteiger partial charge >= 0.3 is 0 Å². The number of rotatable bonds is 4. The van der Waals surface area contributed by atoms with Crippen LogP contribution in [-0.4, -0.2) is 28.4 Å². The van der Waals surface area contributed by atoms with Crippen LogP contribution in [0.5, 0.6) is 5.75 Å². The van der Waals surface area contributed by atoms with E-state index in [1.54, 1.807) is 7.11 Å². The number of aliphatic hydroxyl groups is 1. The van der Waals surface area contributed by atoms with Crippen LogP contribution in [0.3, 0.4) is 0 Å². The van der Waals surface area contributed by atoms with Crippen LogP contribution in [0.15, 0.2) is 24.3 Å². The Morgan fingerprint density at radius 3 is 2.56 bits per heavy atom. The molecule has 18 heavy (non-hydrogen) atoms. The van der Waals surface area contributed by atoms with Gasteiger partial charge in [0.15, 0.2) is 0 Å². The van der Waals surface area contributed by atoms with Crippen LogP contribution < -0.4 is 4.74 Å². The summed E-state index contributed by atoms with van der Waals surface area (Å²) in [5.41, 5.74) is 1.68. The van der Waals surface area contributed by atoms with E-state index < -0.39 is 0 Å². The molecule has 4 nitrogen and oxygen atoms in total. The van der Waals surface area contributed by atoms with Gasteiger partial charge in [-0.1, -0.05) is 11.6 Å². The lowest BCUT2D eigenvalue weighted by Gasteiger charge is -2.03. The second-order valence-corrected chi connectivity index (χ2v) is 4.29. The molecule has 2 rings (SSSR count). The van der Waals surface area contributed by atoms with Gasteiger partial charge in [-0.25, -0.2) is 4.98 Å². The van der Waals surface area contributed by atoms with Crippen molar-refractivity contribution in [2.45, 2.75) is 6.42 Å². The van der Waals surface area contributed by atoms with Crippen molar-refractivity contribution in [1.82, 2.24) is 9.55 Å². The first-order chi connectivity index (χ1) is 8.67. The minimum absolute atomic E-state index is 0.0405. The van der Waals surface area contributed by atoms with Gasteiger partial charge < -0.3 is 14.4 Å². The van der Waals surface area contributed by atoms with Gasteiger partial charge in [0.25, 0.3) is 0 Å². The van der Waals surface area contributed by atoms with Crippen LogP contribution in [0.1, 0.15) is 5.69 Å². The third-order valence-corrected chi connectivity index (χ3v) is 3.26. The van der Waals surface area contributed by atoms with Gasteiger partial charge in [0.1, 0.15) is 16.7 Å². The predicted molar refractivity (Wildman–Crippen MR) is 71.0 cm³/mol. The van der Waals surface area contributed by atoms with Crippen LogP contribution in [0.2, 0.25) is 5.15 Å². The van der Waals surface area contributed by atoms with Crippen molar-refractivity contribution in [3.63, 3.8) is 0 Å². The van der Waals surface area contributed by atoms with Crippen molar-refractivity contribution in [2.24, 2.45) is 7.05 Å². The normalized spacial score (nSPS) is 10.7. The highest BCUT2D eigenvalue weighted by molar-refractivity contribution is 6.30. The van der Waals surface area contributed by atoms with Crippen molar-refractivity contribution in [3.05, 3.63) is 35.1 Å². The number of imidazole rings is 1. The van der Waals surface area contributed by atoms with Gasteiger partial charge in [-0.15, -0.1) is 0 Å². The summed E-state index contributed by atoms with van der Waals surface area (Å²) in [6.45, 7) is 0.0405. The molecule has 0 fully saturated rings. The minimum Gasteiger partial charge on any atom is -0.497 e. The molecule has 5 heteroatoms. The average Bonchev–Trinajstić information content (AvgIpc) is 2.68. The molecule has 1 aromatic heterocycles. The average molecular weight is 267 g/mol. The molecule has 1 aromatic carbocycles. The number of methoxy groups -OCH3 is 1. The molecule has 0 aliphatic heterocycles. The van der Waals surface area contributed by atoms with Crippen LogP contribution in [-0.2, 0) is 13.5 Å². The fourth-order valence-corrected chi connectivity index (χ4v) is 2.02. The van der Waals surface area contributed by atoms with Crippen molar-refractivity contribution < 1.29 is 9.84 Å². The Kier molecular flexibility index (Phi) is 3.89. The zero-order valence-corrected chi connectivity index (χ0v) is 11.1. The Morgan fingerprint density at radius 2 is 2.00 bits per heavy atom. The maximum absolute atomic E-state index is 8.96. The largest absolute Gasteiger partial charge is 0.497 e.